The van der Waals surface area contributed by atoms with Gasteiger partial charge in [-0.3, -0.25) is 4.79 Å². The number of carbonyl (C=O) groups excluding carboxylic acids is 1. The van der Waals surface area contributed by atoms with Crippen LogP contribution in [0.15, 0.2) is 10.8 Å². The molecule has 1 atom stereocenters. The summed E-state index contributed by atoms with van der Waals surface area (Å²) in [7, 11) is 1.60. The molecule has 2 rings (SSSR count). The van der Waals surface area contributed by atoms with Crippen LogP contribution in [-0.2, 0) is 0 Å². The summed E-state index contributed by atoms with van der Waals surface area (Å²) in [4.78, 5) is 11.4. The van der Waals surface area contributed by atoms with Crippen LogP contribution in [0.5, 0.6) is 0 Å². The third-order valence-electron chi connectivity index (χ3n) is 2.46. The number of amides is 1. The van der Waals surface area contributed by atoms with Crippen LogP contribution < -0.4 is 10.6 Å². The van der Waals surface area contributed by atoms with E-state index in [-0.39, 0.29) is 11.9 Å². The minimum atomic E-state index is -0.144. The number of hydrogen-bond acceptors (Lipinski definition) is 4. The molecule has 5 nitrogen and oxygen atoms in total. The maximum Gasteiger partial charge on any atom is 0.256 e. The van der Waals surface area contributed by atoms with Crippen LogP contribution in [0.3, 0.4) is 0 Å². The topological polar surface area (TPSA) is 67.2 Å². The molecule has 1 fully saturated rings. The van der Waals surface area contributed by atoms with Crippen molar-refractivity contribution in [2.24, 2.45) is 0 Å². The van der Waals surface area contributed by atoms with Crippen LogP contribution in [0.4, 0.5) is 0 Å². The maximum absolute atomic E-state index is 11.4. The molecule has 1 saturated heterocycles. The number of hydrogen-bond donors (Lipinski definition) is 2. The SMILES string of the molecule is CNC(=O)c1conc1C1CCCN1. The summed E-state index contributed by atoms with van der Waals surface area (Å²) in [5.41, 5.74) is 1.26. The summed E-state index contributed by atoms with van der Waals surface area (Å²) in [6, 6.07) is 0.168. The Morgan fingerprint density at radius 2 is 2.64 bits per heavy atom. The van der Waals surface area contributed by atoms with Gasteiger partial charge in [0.05, 0.1) is 6.04 Å². The third-order valence-corrected chi connectivity index (χ3v) is 2.46. The van der Waals surface area contributed by atoms with Gasteiger partial charge in [-0.25, -0.2) is 0 Å². The standard InChI is InChI=1S/C9H13N3O2/c1-10-9(13)6-5-14-12-8(6)7-3-2-4-11-7/h5,7,11H,2-4H2,1H3,(H,10,13). The van der Waals surface area contributed by atoms with Gasteiger partial charge in [0.2, 0.25) is 0 Å². The molecule has 76 valence electrons. The summed E-state index contributed by atoms with van der Waals surface area (Å²) in [5.74, 6) is -0.144. The Hall–Kier alpha value is -1.36. The summed E-state index contributed by atoms with van der Waals surface area (Å²) in [6.45, 7) is 0.977. The van der Waals surface area contributed by atoms with Crippen LogP contribution in [0.1, 0.15) is 34.9 Å². The summed E-state index contributed by atoms with van der Waals surface area (Å²) in [6.07, 6.45) is 3.52. The molecule has 1 unspecified atom stereocenters. The Morgan fingerprint density at radius 1 is 1.79 bits per heavy atom. The molecular weight excluding hydrogens is 182 g/mol. The lowest BCUT2D eigenvalue weighted by atomic mass is 10.1. The van der Waals surface area contributed by atoms with Gasteiger partial charge in [0.15, 0.2) is 0 Å². The van der Waals surface area contributed by atoms with Crippen molar-refractivity contribution in [3.05, 3.63) is 17.5 Å². The van der Waals surface area contributed by atoms with E-state index in [0.717, 1.165) is 25.1 Å². The van der Waals surface area contributed by atoms with Crippen LogP contribution in [0, 0.1) is 0 Å². The fourth-order valence-corrected chi connectivity index (χ4v) is 1.72. The predicted octanol–water partition coefficient (Wildman–Crippen LogP) is 0.459. The van der Waals surface area contributed by atoms with E-state index in [1.165, 1.54) is 6.26 Å². The van der Waals surface area contributed by atoms with E-state index >= 15 is 0 Å². The van der Waals surface area contributed by atoms with Gasteiger partial charge in [0.25, 0.3) is 5.91 Å². The molecule has 2 N–H and O–H groups in total. The highest BCUT2D eigenvalue weighted by atomic mass is 16.5. The second-order valence-electron chi connectivity index (χ2n) is 3.34. The Kier molecular flexibility index (Phi) is 2.49. The number of carbonyl (C=O) groups is 1. The van der Waals surface area contributed by atoms with Gasteiger partial charge in [0, 0.05) is 7.05 Å². The number of aromatic nitrogens is 1. The normalized spacial score (nSPS) is 21.1. The Morgan fingerprint density at radius 3 is 3.29 bits per heavy atom. The molecule has 0 aromatic carbocycles. The molecule has 0 aliphatic carbocycles. The lowest BCUT2D eigenvalue weighted by molar-refractivity contribution is 0.0961. The van der Waals surface area contributed by atoms with Crippen molar-refractivity contribution in [1.82, 2.24) is 15.8 Å². The maximum atomic E-state index is 11.4. The van der Waals surface area contributed by atoms with Gasteiger partial charge >= 0.3 is 0 Å². The monoisotopic (exact) mass is 195 g/mol. The van der Waals surface area contributed by atoms with Gasteiger partial charge < -0.3 is 15.2 Å². The van der Waals surface area contributed by atoms with E-state index in [0.29, 0.717) is 5.56 Å². The molecular formula is C9H13N3O2. The average Bonchev–Trinajstić information content (AvgIpc) is 2.85. The highest BCUT2D eigenvalue weighted by molar-refractivity contribution is 5.94. The molecule has 1 aliphatic heterocycles. The Labute approximate surface area is 81.8 Å². The number of rotatable bonds is 2. The number of nitrogens with zero attached hydrogens (tertiary/aromatic N) is 1. The first-order valence-electron chi connectivity index (χ1n) is 4.72. The Balaban J connectivity index is 2.24. The zero-order valence-electron chi connectivity index (χ0n) is 8.04. The third kappa shape index (κ3) is 1.50. The summed E-state index contributed by atoms with van der Waals surface area (Å²) < 4.78 is 4.83. The number of nitrogens with one attached hydrogen (secondary N) is 2. The highest BCUT2D eigenvalue weighted by Crippen LogP contribution is 2.24. The fraction of sp³-hybridized carbons (Fsp3) is 0.556. The second-order valence-corrected chi connectivity index (χ2v) is 3.34. The first kappa shape index (κ1) is 9.21. The van der Waals surface area contributed by atoms with Gasteiger partial charge in [-0.05, 0) is 19.4 Å². The van der Waals surface area contributed by atoms with Crippen LogP contribution in [0.25, 0.3) is 0 Å². The van der Waals surface area contributed by atoms with Crippen LogP contribution >= 0.6 is 0 Å². The molecule has 2 heterocycles. The van der Waals surface area contributed by atoms with E-state index < -0.39 is 0 Å². The van der Waals surface area contributed by atoms with Crippen molar-refractivity contribution in [1.29, 1.82) is 0 Å². The van der Waals surface area contributed by atoms with Crippen LogP contribution in [0.2, 0.25) is 0 Å². The molecule has 0 spiro atoms. The first-order chi connectivity index (χ1) is 6.83. The lowest BCUT2D eigenvalue weighted by Crippen LogP contribution is -2.22. The van der Waals surface area contributed by atoms with E-state index in [9.17, 15) is 4.79 Å². The average molecular weight is 195 g/mol. The minimum absolute atomic E-state index is 0.144. The molecule has 5 heteroatoms. The Bertz CT molecular complexity index is 329. The quantitative estimate of drug-likeness (QED) is 0.719. The smallest absolute Gasteiger partial charge is 0.256 e. The molecule has 1 amide bonds. The van der Waals surface area contributed by atoms with E-state index in [4.69, 9.17) is 4.52 Å². The van der Waals surface area contributed by atoms with E-state index in [1.807, 2.05) is 0 Å². The van der Waals surface area contributed by atoms with Gasteiger partial charge in [-0.15, -0.1) is 0 Å². The van der Waals surface area contributed by atoms with E-state index in [1.54, 1.807) is 7.05 Å². The van der Waals surface area contributed by atoms with Crippen molar-refractivity contribution in [2.45, 2.75) is 18.9 Å². The van der Waals surface area contributed by atoms with Gasteiger partial charge in [-0.1, -0.05) is 5.16 Å². The predicted molar refractivity (Wildman–Crippen MR) is 49.9 cm³/mol. The van der Waals surface area contributed by atoms with Crippen molar-refractivity contribution in [3.63, 3.8) is 0 Å². The molecule has 1 aliphatic rings. The second kappa shape index (κ2) is 3.79. The minimum Gasteiger partial charge on any atom is -0.364 e. The van der Waals surface area contributed by atoms with Crippen molar-refractivity contribution in [3.8, 4) is 0 Å². The largest absolute Gasteiger partial charge is 0.364 e. The zero-order valence-corrected chi connectivity index (χ0v) is 8.04. The molecule has 1 aromatic heterocycles. The lowest BCUT2D eigenvalue weighted by Gasteiger charge is -2.07. The van der Waals surface area contributed by atoms with Crippen molar-refractivity contribution < 1.29 is 9.32 Å². The van der Waals surface area contributed by atoms with Gasteiger partial charge in [0.1, 0.15) is 17.5 Å². The van der Waals surface area contributed by atoms with Gasteiger partial charge in [-0.2, -0.15) is 0 Å². The molecule has 0 radical (unpaired) electrons. The van der Waals surface area contributed by atoms with Crippen LogP contribution in [-0.4, -0.2) is 24.7 Å². The summed E-state index contributed by atoms with van der Waals surface area (Å²) >= 11 is 0. The van der Waals surface area contributed by atoms with Crippen molar-refractivity contribution >= 4 is 5.91 Å². The molecule has 0 bridgehead atoms. The highest BCUT2D eigenvalue weighted by Gasteiger charge is 2.25. The molecule has 1 aromatic rings. The zero-order chi connectivity index (χ0) is 9.97. The summed E-state index contributed by atoms with van der Waals surface area (Å²) in [5, 5.41) is 9.71. The van der Waals surface area contributed by atoms with E-state index in [2.05, 4.69) is 15.8 Å². The first-order valence-corrected chi connectivity index (χ1v) is 4.72. The van der Waals surface area contributed by atoms with Crippen molar-refractivity contribution in [2.75, 3.05) is 13.6 Å². The molecule has 14 heavy (non-hydrogen) atoms. The molecule has 0 saturated carbocycles. The fourth-order valence-electron chi connectivity index (χ4n) is 1.72.